The Balaban J connectivity index is 1.63. The van der Waals surface area contributed by atoms with Crippen LogP contribution in [0.3, 0.4) is 0 Å². The van der Waals surface area contributed by atoms with Gasteiger partial charge in [0.05, 0.1) is 17.7 Å². The maximum atomic E-state index is 13.9. The number of carbonyl (C=O) groups is 4. The van der Waals surface area contributed by atoms with Crippen molar-refractivity contribution in [3.8, 4) is 0 Å². The number of fused-ring (bicyclic) bond motifs is 1. The van der Waals surface area contributed by atoms with Gasteiger partial charge in [0.15, 0.2) is 0 Å². The summed E-state index contributed by atoms with van der Waals surface area (Å²) in [4.78, 5) is 52.8. The lowest BCUT2D eigenvalue weighted by Gasteiger charge is -2.31. The van der Waals surface area contributed by atoms with Crippen molar-refractivity contribution in [3.05, 3.63) is 70.9 Å². The van der Waals surface area contributed by atoms with Crippen LogP contribution in [0.1, 0.15) is 32.3 Å². The molecule has 0 bridgehead atoms. The van der Waals surface area contributed by atoms with Crippen LogP contribution in [0.25, 0.3) is 10.8 Å². The minimum absolute atomic E-state index is 0.00897. The zero-order valence-electron chi connectivity index (χ0n) is 24.1. The van der Waals surface area contributed by atoms with Crippen molar-refractivity contribution in [1.82, 2.24) is 26.1 Å². The van der Waals surface area contributed by atoms with Crippen LogP contribution < -0.4 is 21.4 Å². The summed E-state index contributed by atoms with van der Waals surface area (Å²) in [5.41, 5.74) is 3.32. The molecule has 2 aromatic carbocycles. The first-order valence-electron chi connectivity index (χ1n) is 13.7. The predicted molar refractivity (Wildman–Crippen MR) is 158 cm³/mol. The number of halogens is 3. The highest BCUT2D eigenvalue weighted by Gasteiger charge is 2.24. The maximum Gasteiger partial charge on any atom is 0.412 e. The quantitative estimate of drug-likeness (QED) is 0.117. The van der Waals surface area contributed by atoms with Gasteiger partial charge in [-0.15, -0.1) is 0 Å². The van der Waals surface area contributed by atoms with Crippen LogP contribution in [-0.2, 0) is 25.6 Å². The smallest absolute Gasteiger partial charge is 0.412 e. The van der Waals surface area contributed by atoms with Crippen molar-refractivity contribution >= 4 is 52.2 Å². The average Bonchev–Trinajstić information content (AvgIpc) is 2.98. The summed E-state index contributed by atoms with van der Waals surface area (Å²) in [6.45, 7) is 2.72. The van der Waals surface area contributed by atoms with Gasteiger partial charge in [-0.1, -0.05) is 23.7 Å². The number of rotatable bonds is 14. The molecule has 0 aliphatic carbocycles. The highest BCUT2D eigenvalue weighted by atomic mass is 35.5. The molecular weight excluding hydrogens is 602 g/mol. The topological polar surface area (TPSA) is 151 Å². The van der Waals surface area contributed by atoms with Crippen LogP contribution in [0, 0.1) is 11.6 Å². The fraction of sp³-hybridized carbons (Fsp3) is 0.345. The van der Waals surface area contributed by atoms with E-state index < -0.39 is 41.7 Å². The standard InChI is InChI=1S/C29H33ClF2N6O6/c1-3-43-26(40)16-35-28(41)33-11-5-7-23(38(18(2)39)36-15-20-6-4-8-24(32)27(20)30)17-44-29(42)37-25-13-21-12-22(31)10-9-19(21)14-34-25/h4,6,8-10,12-14,23,36H,3,5,7,11,15-17H2,1-2H3,(H2,33,35,41)(H,34,37,42)/t23-/m0/s1. The molecule has 3 aromatic rings. The van der Waals surface area contributed by atoms with Gasteiger partial charge in [0.1, 0.15) is 30.6 Å². The number of nitrogens with zero attached hydrogens (tertiary/aromatic N) is 2. The second-order valence-electron chi connectivity index (χ2n) is 9.43. The van der Waals surface area contributed by atoms with Crippen LogP contribution in [-0.4, -0.2) is 66.3 Å². The Morgan fingerprint density at radius 2 is 1.84 bits per heavy atom. The summed E-state index contributed by atoms with van der Waals surface area (Å²) >= 11 is 6.06. The SMILES string of the molecule is CCOC(=O)CNC(=O)NCCC[C@@H](COC(=O)Nc1cc2cc(F)ccc2cn1)N(NCc1cccc(F)c1Cl)C(C)=O. The Morgan fingerprint density at radius 3 is 2.59 bits per heavy atom. The minimum atomic E-state index is -0.869. The molecule has 0 fully saturated rings. The van der Waals surface area contributed by atoms with E-state index in [2.05, 4.69) is 26.4 Å². The molecule has 12 nitrogen and oxygen atoms in total. The van der Waals surface area contributed by atoms with Crippen molar-refractivity contribution in [2.75, 3.05) is 31.6 Å². The number of esters is 1. The number of ether oxygens (including phenoxy) is 2. The third-order valence-corrected chi connectivity index (χ3v) is 6.62. The van der Waals surface area contributed by atoms with Crippen LogP contribution in [0.4, 0.5) is 24.2 Å². The normalized spacial score (nSPS) is 11.4. The molecule has 0 spiro atoms. The third-order valence-electron chi connectivity index (χ3n) is 6.19. The fourth-order valence-corrected chi connectivity index (χ4v) is 4.29. The number of anilines is 1. The van der Waals surface area contributed by atoms with Gasteiger partial charge in [0.2, 0.25) is 5.91 Å². The van der Waals surface area contributed by atoms with Crippen molar-refractivity contribution in [1.29, 1.82) is 0 Å². The van der Waals surface area contributed by atoms with E-state index in [-0.39, 0.29) is 50.1 Å². The summed E-state index contributed by atoms with van der Waals surface area (Å²) in [5, 5.41) is 9.79. The summed E-state index contributed by atoms with van der Waals surface area (Å²) in [6.07, 6.45) is 1.20. The third kappa shape index (κ3) is 10.6. The van der Waals surface area contributed by atoms with Crippen molar-refractivity contribution < 1.29 is 37.4 Å². The first kappa shape index (κ1) is 33.9. The number of carbonyl (C=O) groups excluding carboxylic acids is 4. The Labute approximate surface area is 257 Å². The van der Waals surface area contributed by atoms with E-state index in [4.69, 9.17) is 21.1 Å². The first-order valence-corrected chi connectivity index (χ1v) is 14.1. The number of hydrogen-bond donors (Lipinski definition) is 4. The van der Waals surface area contributed by atoms with Gasteiger partial charge in [-0.3, -0.25) is 19.9 Å². The van der Waals surface area contributed by atoms with E-state index in [0.29, 0.717) is 22.8 Å². The van der Waals surface area contributed by atoms with E-state index in [1.54, 1.807) is 19.1 Å². The monoisotopic (exact) mass is 634 g/mol. The van der Waals surface area contributed by atoms with Gasteiger partial charge in [-0.2, -0.15) is 0 Å². The Kier molecular flexibility index (Phi) is 13.0. The van der Waals surface area contributed by atoms with Crippen molar-refractivity contribution in [2.45, 2.75) is 39.3 Å². The second kappa shape index (κ2) is 16.9. The molecule has 1 heterocycles. The number of nitrogens with one attached hydrogen (secondary N) is 4. The van der Waals surface area contributed by atoms with Crippen LogP contribution in [0.2, 0.25) is 5.02 Å². The first-order chi connectivity index (χ1) is 21.1. The molecule has 236 valence electrons. The van der Waals surface area contributed by atoms with E-state index >= 15 is 0 Å². The number of pyridine rings is 1. The molecule has 0 aliphatic heterocycles. The van der Waals surface area contributed by atoms with Gasteiger partial charge >= 0.3 is 18.1 Å². The summed E-state index contributed by atoms with van der Waals surface area (Å²) < 4.78 is 37.7. The minimum Gasteiger partial charge on any atom is -0.465 e. The number of aromatic nitrogens is 1. The van der Waals surface area contributed by atoms with E-state index in [1.807, 2.05) is 0 Å². The Hall–Kier alpha value is -4.56. The molecule has 1 atom stereocenters. The van der Waals surface area contributed by atoms with Gasteiger partial charge in [0.25, 0.3) is 0 Å². The number of amides is 4. The predicted octanol–water partition coefficient (Wildman–Crippen LogP) is 4.28. The van der Waals surface area contributed by atoms with Crippen LogP contribution in [0.5, 0.6) is 0 Å². The van der Waals surface area contributed by atoms with E-state index in [9.17, 15) is 28.0 Å². The molecule has 4 N–H and O–H groups in total. The molecule has 3 rings (SSSR count). The summed E-state index contributed by atoms with van der Waals surface area (Å²) in [6, 6.07) is 8.62. The fourth-order valence-electron chi connectivity index (χ4n) is 4.10. The van der Waals surface area contributed by atoms with Crippen molar-refractivity contribution in [2.24, 2.45) is 0 Å². The molecule has 0 aliphatic rings. The molecule has 4 amide bonds. The number of benzene rings is 2. The average molecular weight is 635 g/mol. The van der Waals surface area contributed by atoms with Gasteiger partial charge < -0.3 is 20.1 Å². The number of hydrogen-bond acceptors (Lipinski definition) is 8. The van der Waals surface area contributed by atoms with E-state index in [0.717, 1.165) is 0 Å². The van der Waals surface area contributed by atoms with Gasteiger partial charge in [-0.25, -0.2) is 28.8 Å². The van der Waals surface area contributed by atoms with E-state index in [1.165, 1.54) is 48.5 Å². The highest BCUT2D eigenvalue weighted by Crippen LogP contribution is 2.20. The summed E-state index contributed by atoms with van der Waals surface area (Å²) in [7, 11) is 0. The molecular formula is C29H33ClF2N6O6. The molecule has 44 heavy (non-hydrogen) atoms. The lowest BCUT2D eigenvalue weighted by atomic mass is 10.1. The lowest BCUT2D eigenvalue weighted by molar-refractivity contribution is -0.141. The second-order valence-corrected chi connectivity index (χ2v) is 9.81. The Morgan fingerprint density at radius 1 is 1.05 bits per heavy atom. The van der Waals surface area contributed by atoms with Crippen LogP contribution >= 0.6 is 11.6 Å². The summed E-state index contributed by atoms with van der Waals surface area (Å²) in [5.74, 6) is -1.93. The molecule has 0 saturated carbocycles. The van der Waals surface area contributed by atoms with Gasteiger partial charge in [0, 0.05) is 31.6 Å². The number of hydrazine groups is 1. The zero-order valence-corrected chi connectivity index (χ0v) is 24.9. The molecule has 0 radical (unpaired) electrons. The zero-order chi connectivity index (χ0) is 32.1. The Bertz CT molecular complexity index is 1480. The largest absolute Gasteiger partial charge is 0.465 e. The highest BCUT2D eigenvalue weighted by molar-refractivity contribution is 6.31. The molecule has 15 heteroatoms. The van der Waals surface area contributed by atoms with Gasteiger partial charge in [-0.05, 0) is 61.0 Å². The van der Waals surface area contributed by atoms with Crippen LogP contribution in [0.15, 0.2) is 48.7 Å². The molecule has 0 saturated heterocycles. The maximum absolute atomic E-state index is 13.9. The molecule has 0 unspecified atom stereocenters. The lowest BCUT2D eigenvalue weighted by Crippen LogP contribution is -2.51. The number of urea groups is 1. The van der Waals surface area contributed by atoms with Crippen molar-refractivity contribution in [3.63, 3.8) is 0 Å². The molecule has 1 aromatic heterocycles.